The van der Waals surface area contributed by atoms with E-state index in [0.29, 0.717) is 78.1 Å². The predicted molar refractivity (Wildman–Crippen MR) is 274 cm³/mol. The van der Waals surface area contributed by atoms with Gasteiger partial charge in [0.1, 0.15) is 28.4 Å². The van der Waals surface area contributed by atoms with E-state index in [1.807, 2.05) is 94.4 Å². The van der Waals surface area contributed by atoms with Gasteiger partial charge >= 0.3 is 0 Å². The number of aromatic nitrogens is 4. The maximum atomic E-state index is 14.1. The van der Waals surface area contributed by atoms with E-state index in [0.717, 1.165) is 65.2 Å². The zero-order valence-corrected chi connectivity index (χ0v) is 42.7. The van der Waals surface area contributed by atoms with Gasteiger partial charge in [-0.15, -0.1) is 11.3 Å². The zero-order chi connectivity index (χ0) is 49.2. The Morgan fingerprint density at radius 1 is 0.928 bits per heavy atom. The number of carbonyl (C=O) groups is 4. The molecule has 4 amide bonds. The normalized spacial score (nSPS) is 16.7. The molecule has 7 rings (SSSR count). The number of aryl methyl sites for hydroxylation is 3. The number of thiazole rings is 2. The number of anilines is 4. The van der Waals surface area contributed by atoms with Gasteiger partial charge in [0, 0.05) is 58.2 Å². The number of rotatable bonds is 19. The van der Waals surface area contributed by atoms with Crippen LogP contribution in [0.4, 0.5) is 22.5 Å². The van der Waals surface area contributed by atoms with Gasteiger partial charge in [-0.1, -0.05) is 99.4 Å². The monoisotopic (exact) mass is 997 g/mol. The number of benzene rings is 2. The molecular formula is C50H64ClN11O5S2. The summed E-state index contributed by atoms with van der Waals surface area (Å²) in [6.07, 6.45) is 6.01. The molecule has 0 spiro atoms. The molecule has 3 atom stereocenters. The van der Waals surface area contributed by atoms with Gasteiger partial charge in [-0.3, -0.25) is 19.2 Å². The summed E-state index contributed by atoms with van der Waals surface area (Å²) in [4.78, 5) is 78.8. The second-order valence-corrected chi connectivity index (χ2v) is 21.2. The fourth-order valence-corrected chi connectivity index (χ4v) is 10.5. The van der Waals surface area contributed by atoms with Crippen molar-refractivity contribution < 1.29 is 24.3 Å². The molecule has 2 aromatic carbocycles. The fraction of sp³-hybridized carbons (Fsp3) is 0.480. The first-order valence-electron chi connectivity index (χ1n) is 23.7. The molecule has 19 heteroatoms. The number of piperazine rings is 1. The van der Waals surface area contributed by atoms with Crippen LogP contribution in [0.25, 0.3) is 10.4 Å². The lowest BCUT2D eigenvalue weighted by Gasteiger charge is -2.35. The molecule has 16 nitrogen and oxygen atoms in total. The smallest absolute Gasteiger partial charge is 0.267 e. The van der Waals surface area contributed by atoms with Crippen molar-refractivity contribution >= 4 is 80.4 Å². The highest BCUT2D eigenvalue weighted by molar-refractivity contribution is 7.17. The van der Waals surface area contributed by atoms with E-state index in [4.69, 9.17) is 11.6 Å². The summed E-state index contributed by atoms with van der Waals surface area (Å²) >= 11 is 9.11. The molecule has 5 heterocycles. The molecule has 3 aromatic heterocycles. The molecule has 368 valence electrons. The van der Waals surface area contributed by atoms with Gasteiger partial charge < -0.3 is 41.1 Å². The second kappa shape index (κ2) is 23.4. The second-order valence-electron chi connectivity index (χ2n) is 18.9. The van der Waals surface area contributed by atoms with E-state index in [-0.39, 0.29) is 36.6 Å². The van der Waals surface area contributed by atoms with Crippen LogP contribution in [0, 0.1) is 26.2 Å². The van der Waals surface area contributed by atoms with Crippen molar-refractivity contribution in [3.05, 3.63) is 92.8 Å². The van der Waals surface area contributed by atoms with E-state index < -0.39 is 23.6 Å². The number of β-amino-alcohol motifs (C(OH)–C–C–N with tert-alkyl or cyclic N) is 1. The van der Waals surface area contributed by atoms with Gasteiger partial charge in [0.15, 0.2) is 5.13 Å². The number of unbranched alkanes of at least 4 members (excludes halogenated alkanes) is 4. The van der Waals surface area contributed by atoms with E-state index in [9.17, 15) is 24.3 Å². The van der Waals surface area contributed by atoms with Crippen LogP contribution in [0.2, 0.25) is 5.02 Å². The number of amides is 4. The standard InChI is InChI=1S/C50H64ClN11O5S2/c1-31-13-12-14-37(51)43(31)59-47(66)39-28-54-49(69-39)58-40-26-41(57-33(3)56-40)60-21-23-61(24-22-60)42(64)15-10-8-7-9-11-20-52-45(50(4,5)6)48(67)62-29-36(63)25-38(62)46(65)53-27-34-16-18-35(19-17-34)44-32(2)55-30-68-44/h12-14,16-19,26,28,30,36,38,45,52,63H,7-11,15,20-25,27,29H2,1-6H3,(H,53,65)(H,59,66)(H,54,56,57,58)/t36-,38+,45-/m1/s1. The van der Waals surface area contributed by atoms with Crippen LogP contribution in [0.1, 0.15) is 98.0 Å². The molecule has 0 aliphatic carbocycles. The summed E-state index contributed by atoms with van der Waals surface area (Å²) in [6.45, 7) is 15.3. The van der Waals surface area contributed by atoms with E-state index >= 15 is 0 Å². The molecule has 0 unspecified atom stereocenters. The first-order valence-corrected chi connectivity index (χ1v) is 25.8. The quantitative estimate of drug-likeness (QED) is 0.0503. The van der Waals surface area contributed by atoms with Crippen LogP contribution < -0.4 is 26.2 Å². The maximum absolute atomic E-state index is 14.1. The third kappa shape index (κ3) is 13.6. The average molecular weight is 999 g/mol. The van der Waals surface area contributed by atoms with Crippen molar-refractivity contribution in [2.24, 2.45) is 5.41 Å². The molecule has 2 saturated heterocycles. The Kier molecular flexibility index (Phi) is 17.4. The summed E-state index contributed by atoms with van der Waals surface area (Å²) in [5.74, 6) is 1.32. The predicted octanol–water partition coefficient (Wildman–Crippen LogP) is 7.90. The van der Waals surface area contributed by atoms with Gasteiger partial charge in [-0.05, 0) is 68.3 Å². The molecule has 5 N–H and O–H groups in total. The largest absolute Gasteiger partial charge is 0.391 e. The third-order valence-corrected chi connectivity index (χ3v) is 14.7. The Morgan fingerprint density at radius 2 is 1.67 bits per heavy atom. The Bertz CT molecular complexity index is 2550. The SMILES string of the molecule is Cc1nc(Nc2ncc(C(=O)Nc3c(C)cccc3Cl)s2)cc(N2CCN(C(=O)CCCCCCCN[C@H](C(=O)N3C[C@H](O)C[C@H]3C(=O)NCc3ccc(-c4scnc4C)cc3)C(C)(C)C)CC2)n1. The van der Waals surface area contributed by atoms with Gasteiger partial charge in [0.2, 0.25) is 17.7 Å². The number of para-hydroxylation sites is 1. The minimum absolute atomic E-state index is 0.121. The summed E-state index contributed by atoms with van der Waals surface area (Å²) in [7, 11) is 0. The number of likely N-dealkylation sites (tertiary alicyclic amines) is 1. The molecular weight excluding hydrogens is 934 g/mol. The fourth-order valence-electron chi connectivity index (χ4n) is 8.71. The molecule has 0 saturated carbocycles. The van der Waals surface area contributed by atoms with E-state index in [1.165, 1.54) is 17.5 Å². The van der Waals surface area contributed by atoms with Crippen LogP contribution in [-0.4, -0.2) is 116 Å². The van der Waals surface area contributed by atoms with Crippen molar-refractivity contribution in [1.82, 2.24) is 40.4 Å². The number of aliphatic hydroxyl groups is 1. The highest BCUT2D eigenvalue weighted by Crippen LogP contribution is 2.31. The van der Waals surface area contributed by atoms with Crippen molar-refractivity contribution in [1.29, 1.82) is 0 Å². The molecule has 0 radical (unpaired) electrons. The molecule has 0 bridgehead atoms. The molecule has 2 aliphatic heterocycles. The number of hydrogen-bond acceptors (Lipinski definition) is 14. The first kappa shape index (κ1) is 51.3. The summed E-state index contributed by atoms with van der Waals surface area (Å²) < 4.78 is 0. The maximum Gasteiger partial charge on any atom is 0.267 e. The minimum atomic E-state index is -0.768. The lowest BCUT2D eigenvalue weighted by atomic mass is 9.85. The van der Waals surface area contributed by atoms with Crippen LogP contribution in [0.3, 0.4) is 0 Å². The highest BCUT2D eigenvalue weighted by Gasteiger charge is 2.43. The Labute approximate surface area is 417 Å². The highest BCUT2D eigenvalue weighted by atomic mass is 35.5. The lowest BCUT2D eigenvalue weighted by molar-refractivity contribution is -0.142. The van der Waals surface area contributed by atoms with Gasteiger partial charge in [0.05, 0.1) is 45.1 Å². The summed E-state index contributed by atoms with van der Waals surface area (Å²) in [6, 6.07) is 14.1. The number of nitrogens with one attached hydrogen (secondary N) is 4. The Morgan fingerprint density at radius 3 is 2.38 bits per heavy atom. The Hall–Kier alpha value is -5.53. The number of halogens is 1. The minimum Gasteiger partial charge on any atom is -0.391 e. The third-order valence-electron chi connectivity index (χ3n) is 12.5. The van der Waals surface area contributed by atoms with E-state index in [2.05, 4.69) is 46.1 Å². The molecule has 5 aromatic rings. The van der Waals surface area contributed by atoms with Crippen LogP contribution in [-0.2, 0) is 20.9 Å². The van der Waals surface area contributed by atoms with Crippen molar-refractivity contribution in [2.45, 2.75) is 111 Å². The number of hydrogen-bond donors (Lipinski definition) is 5. The molecule has 2 fully saturated rings. The lowest BCUT2D eigenvalue weighted by Crippen LogP contribution is -2.56. The average Bonchev–Trinajstić information content (AvgIpc) is 4.08. The molecule has 2 aliphatic rings. The van der Waals surface area contributed by atoms with Crippen molar-refractivity contribution in [3.8, 4) is 10.4 Å². The topological polar surface area (TPSA) is 198 Å². The van der Waals surface area contributed by atoms with Crippen LogP contribution in [0.5, 0.6) is 0 Å². The van der Waals surface area contributed by atoms with Gasteiger partial charge in [-0.25, -0.2) is 19.9 Å². The zero-order valence-electron chi connectivity index (χ0n) is 40.3. The van der Waals surface area contributed by atoms with Gasteiger partial charge in [-0.2, -0.15) is 0 Å². The van der Waals surface area contributed by atoms with Crippen LogP contribution in [0.15, 0.2) is 60.2 Å². The first-order chi connectivity index (χ1) is 33.0. The van der Waals surface area contributed by atoms with Gasteiger partial charge in [0.25, 0.3) is 5.91 Å². The number of carbonyl (C=O) groups excluding carboxylic acids is 4. The van der Waals surface area contributed by atoms with Crippen molar-refractivity contribution in [2.75, 3.05) is 54.8 Å². The molecule has 69 heavy (non-hydrogen) atoms. The van der Waals surface area contributed by atoms with E-state index in [1.54, 1.807) is 22.3 Å². The summed E-state index contributed by atoms with van der Waals surface area (Å²) in [5, 5.41) is 24.2. The summed E-state index contributed by atoms with van der Waals surface area (Å²) in [5.41, 5.74) is 5.86. The number of aliphatic hydroxyl groups excluding tert-OH is 1. The van der Waals surface area contributed by atoms with Crippen molar-refractivity contribution in [3.63, 3.8) is 0 Å². The Balaban J connectivity index is 0.791. The number of nitrogens with zero attached hydrogens (tertiary/aromatic N) is 7. The van der Waals surface area contributed by atoms with Crippen LogP contribution >= 0.6 is 34.3 Å².